The lowest BCUT2D eigenvalue weighted by molar-refractivity contribution is 0.317. The molecule has 0 radical (unpaired) electrons. The van der Waals surface area contributed by atoms with Gasteiger partial charge in [-0.05, 0) is 43.0 Å². The Balaban J connectivity index is 1.99. The van der Waals surface area contributed by atoms with Gasteiger partial charge in [0.2, 0.25) is 0 Å². The molecule has 1 aliphatic rings. The van der Waals surface area contributed by atoms with Crippen LogP contribution in [0.25, 0.3) is 0 Å². The molecule has 16 heavy (non-hydrogen) atoms. The normalized spacial score (nSPS) is 25.4. The first-order valence-corrected chi connectivity index (χ1v) is 7.11. The SMILES string of the molecule is CCC1CCCCC1Nc1ccc(Br)cc1. The molecule has 0 heterocycles. The molecule has 2 atom stereocenters. The highest BCUT2D eigenvalue weighted by molar-refractivity contribution is 9.10. The molecule has 1 N–H and O–H groups in total. The van der Waals surface area contributed by atoms with Crippen molar-refractivity contribution in [1.29, 1.82) is 0 Å². The van der Waals surface area contributed by atoms with E-state index in [9.17, 15) is 0 Å². The molecule has 0 spiro atoms. The molecule has 1 aromatic rings. The second-order valence-electron chi connectivity index (χ2n) is 4.71. The van der Waals surface area contributed by atoms with Crippen LogP contribution in [0.3, 0.4) is 0 Å². The first-order valence-electron chi connectivity index (χ1n) is 6.31. The van der Waals surface area contributed by atoms with Crippen molar-refractivity contribution in [2.75, 3.05) is 5.32 Å². The minimum Gasteiger partial charge on any atom is -0.382 e. The lowest BCUT2D eigenvalue weighted by atomic mass is 9.83. The highest BCUT2D eigenvalue weighted by Crippen LogP contribution is 2.29. The quantitative estimate of drug-likeness (QED) is 0.837. The summed E-state index contributed by atoms with van der Waals surface area (Å²) in [4.78, 5) is 0. The first-order chi connectivity index (χ1) is 7.79. The molecule has 88 valence electrons. The third-order valence-electron chi connectivity index (χ3n) is 3.63. The van der Waals surface area contributed by atoms with Crippen molar-refractivity contribution in [2.24, 2.45) is 5.92 Å². The Morgan fingerprint density at radius 2 is 1.88 bits per heavy atom. The average molecular weight is 282 g/mol. The molecule has 1 fully saturated rings. The Bertz CT molecular complexity index is 320. The number of nitrogens with one attached hydrogen (secondary N) is 1. The van der Waals surface area contributed by atoms with E-state index in [0.29, 0.717) is 6.04 Å². The molecule has 2 heteroatoms. The summed E-state index contributed by atoms with van der Waals surface area (Å²) < 4.78 is 1.15. The lowest BCUT2D eigenvalue weighted by Gasteiger charge is -2.32. The van der Waals surface area contributed by atoms with Crippen LogP contribution in [0.4, 0.5) is 5.69 Å². The van der Waals surface area contributed by atoms with Gasteiger partial charge < -0.3 is 5.32 Å². The number of hydrogen-bond donors (Lipinski definition) is 1. The monoisotopic (exact) mass is 281 g/mol. The van der Waals surface area contributed by atoms with Gasteiger partial charge in [-0.2, -0.15) is 0 Å². The number of benzene rings is 1. The highest BCUT2D eigenvalue weighted by Gasteiger charge is 2.23. The van der Waals surface area contributed by atoms with Crippen LogP contribution in [0, 0.1) is 5.92 Å². The smallest absolute Gasteiger partial charge is 0.0343 e. The van der Waals surface area contributed by atoms with Crippen molar-refractivity contribution in [2.45, 2.75) is 45.1 Å². The van der Waals surface area contributed by atoms with Gasteiger partial charge in [0.05, 0.1) is 0 Å². The Morgan fingerprint density at radius 3 is 2.56 bits per heavy atom. The minimum atomic E-state index is 0.680. The molecule has 2 unspecified atom stereocenters. The highest BCUT2D eigenvalue weighted by atomic mass is 79.9. The molecule has 0 bridgehead atoms. The summed E-state index contributed by atoms with van der Waals surface area (Å²) >= 11 is 3.47. The lowest BCUT2D eigenvalue weighted by Crippen LogP contribution is -2.31. The summed E-state index contributed by atoms with van der Waals surface area (Å²) in [5.74, 6) is 0.859. The van der Waals surface area contributed by atoms with E-state index in [-0.39, 0.29) is 0 Å². The number of halogens is 1. The molecule has 0 saturated heterocycles. The Hall–Kier alpha value is -0.500. The maximum Gasteiger partial charge on any atom is 0.0343 e. The van der Waals surface area contributed by atoms with Gasteiger partial charge in [0.15, 0.2) is 0 Å². The van der Waals surface area contributed by atoms with Crippen LogP contribution in [0.2, 0.25) is 0 Å². The summed E-state index contributed by atoms with van der Waals surface area (Å²) in [6.07, 6.45) is 6.81. The van der Waals surface area contributed by atoms with Gasteiger partial charge in [0, 0.05) is 16.2 Å². The topological polar surface area (TPSA) is 12.0 Å². The fourth-order valence-corrected chi connectivity index (χ4v) is 2.91. The summed E-state index contributed by atoms with van der Waals surface area (Å²) in [5, 5.41) is 3.69. The summed E-state index contributed by atoms with van der Waals surface area (Å²) in [7, 11) is 0. The molecule has 2 rings (SSSR count). The Morgan fingerprint density at radius 1 is 1.19 bits per heavy atom. The van der Waals surface area contributed by atoms with Crippen LogP contribution in [0.1, 0.15) is 39.0 Å². The minimum absolute atomic E-state index is 0.680. The van der Waals surface area contributed by atoms with Gasteiger partial charge in [-0.15, -0.1) is 0 Å². The maximum atomic E-state index is 3.69. The van der Waals surface area contributed by atoms with E-state index >= 15 is 0 Å². The second kappa shape index (κ2) is 5.72. The van der Waals surface area contributed by atoms with E-state index in [0.717, 1.165) is 10.4 Å². The van der Waals surface area contributed by atoms with Crippen molar-refractivity contribution in [3.63, 3.8) is 0 Å². The third-order valence-corrected chi connectivity index (χ3v) is 4.16. The van der Waals surface area contributed by atoms with E-state index in [1.54, 1.807) is 0 Å². The van der Waals surface area contributed by atoms with Gasteiger partial charge in [0.25, 0.3) is 0 Å². The number of rotatable bonds is 3. The summed E-state index contributed by atoms with van der Waals surface area (Å²) in [6.45, 7) is 2.31. The van der Waals surface area contributed by atoms with E-state index in [1.807, 2.05) is 0 Å². The molecule has 0 aliphatic heterocycles. The van der Waals surface area contributed by atoms with Crippen LogP contribution in [0.15, 0.2) is 28.7 Å². The molecule has 1 aliphatic carbocycles. The van der Waals surface area contributed by atoms with Gasteiger partial charge in [-0.25, -0.2) is 0 Å². The van der Waals surface area contributed by atoms with Crippen LogP contribution in [0.5, 0.6) is 0 Å². The molecule has 1 aromatic carbocycles. The molecule has 0 amide bonds. The molecule has 1 saturated carbocycles. The predicted molar refractivity (Wildman–Crippen MR) is 73.8 cm³/mol. The fourth-order valence-electron chi connectivity index (χ4n) is 2.65. The van der Waals surface area contributed by atoms with Crippen molar-refractivity contribution in [1.82, 2.24) is 0 Å². The fraction of sp³-hybridized carbons (Fsp3) is 0.571. The molecular formula is C14H20BrN. The Kier molecular flexibility index (Phi) is 4.28. The van der Waals surface area contributed by atoms with E-state index in [1.165, 1.54) is 37.8 Å². The second-order valence-corrected chi connectivity index (χ2v) is 5.63. The van der Waals surface area contributed by atoms with Crippen LogP contribution < -0.4 is 5.32 Å². The molecular weight excluding hydrogens is 262 g/mol. The standard InChI is InChI=1S/C14H20BrN/c1-2-11-5-3-4-6-14(11)16-13-9-7-12(15)8-10-13/h7-11,14,16H,2-6H2,1H3. The summed E-state index contributed by atoms with van der Waals surface area (Å²) in [5.41, 5.74) is 1.26. The van der Waals surface area contributed by atoms with Gasteiger partial charge >= 0.3 is 0 Å². The zero-order chi connectivity index (χ0) is 11.4. The van der Waals surface area contributed by atoms with E-state index in [2.05, 4.69) is 52.4 Å². The van der Waals surface area contributed by atoms with Gasteiger partial charge in [-0.3, -0.25) is 0 Å². The Labute approximate surface area is 107 Å². The number of hydrogen-bond acceptors (Lipinski definition) is 1. The van der Waals surface area contributed by atoms with Gasteiger partial charge in [0.1, 0.15) is 0 Å². The zero-order valence-electron chi connectivity index (χ0n) is 9.88. The summed E-state index contributed by atoms with van der Waals surface area (Å²) in [6, 6.07) is 9.20. The van der Waals surface area contributed by atoms with Crippen molar-refractivity contribution in [3.8, 4) is 0 Å². The maximum absolute atomic E-state index is 3.69. The molecule has 0 aromatic heterocycles. The van der Waals surface area contributed by atoms with Crippen molar-refractivity contribution in [3.05, 3.63) is 28.7 Å². The van der Waals surface area contributed by atoms with Crippen LogP contribution in [-0.2, 0) is 0 Å². The van der Waals surface area contributed by atoms with Crippen molar-refractivity contribution >= 4 is 21.6 Å². The van der Waals surface area contributed by atoms with E-state index in [4.69, 9.17) is 0 Å². The third kappa shape index (κ3) is 3.00. The van der Waals surface area contributed by atoms with Gasteiger partial charge in [-0.1, -0.05) is 42.1 Å². The predicted octanol–water partition coefficient (Wildman–Crippen LogP) is 4.83. The zero-order valence-corrected chi connectivity index (χ0v) is 11.5. The number of anilines is 1. The van der Waals surface area contributed by atoms with Crippen molar-refractivity contribution < 1.29 is 0 Å². The molecule has 1 nitrogen and oxygen atoms in total. The van der Waals surface area contributed by atoms with E-state index < -0.39 is 0 Å². The largest absolute Gasteiger partial charge is 0.382 e. The van der Waals surface area contributed by atoms with Crippen LogP contribution in [-0.4, -0.2) is 6.04 Å². The average Bonchev–Trinajstić information content (AvgIpc) is 2.33. The first kappa shape index (κ1) is 12.0. The van der Waals surface area contributed by atoms with Crippen LogP contribution >= 0.6 is 15.9 Å².